The Kier molecular flexibility index (Phi) is 4.87. The predicted molar refractivity (Wildman–Crippen MR) is 106 cm³/mol. The van der Waals surface area contributed by atoms with E-state index in [-0.39, 0.29) is 5.56 Å². The van der Waals surface area contributed by atoms with Crippen LogP contribution < -0.4 is 5.56 Å². The van der Waals surface area contributed by atoms with Crippen molar-refractivity contribution in [3.8, 4) is 0 Å². The Morgan fingerprint density at radius 2 is 2.12 bits per heavy atom. The number of piperidine rings is 1. The lowest BCUT2D eigenvalue weighted by Crippen LogP contribution is -2.36. The molecule has 0 saturated carbocycles. The van der Waals surface area contributed by atoms with Crippen LogP contribution in [0.15, 0.2) is 34.4 Å². The molecule has 3 heterocycles. The van der Waals surface area contributed by atoms with E-state index in [1.54, 1.807) is 15.9 Å². The monoisotopic (exact) mass is 368 g/mol. The Hall–Kier alpha value is -2.05. The highest BCUT2D eigenvalue weighted by molar-refractivity contribution is 7.09. The molecule has 1 unspecified atom stereocenters. The van der Waals surface area contributed by atoms with Gasteiger partial charge in [-0.1, -0.05) is 19.1 Å². The van der Waals surface area contributed by atoms with E-state index in [2.05, 4.69) is 17.2 Å². The molecule has 3 aromatic rings. The Balaban J connectivity index is 1.56. The molecule has 0 N–H and O–H groups in total. The first-order valence-corrected chi connectivity index (χ1v) is 10.1. The van der Waals surface area contributed by atoms with Crippen molar-refractivity contribution >= 4 is 22.2 Å². The van der Waals surface area contributed by atoms with Gasteiger partial charge in [-0.3, -0.25) is 14.3 Å². The number of nitrogens with zero attached hydrogens (tertiary/aromatic N) is 4. The lowest BCUT2D eigenvalue weighted by molar-refractivity contribution is 0.193. The van der Waals surface area contributed by atoms with Crippen LogP contribution in [0.5, 0.6) is 0 Å². The van der Waals surface area contributed by atoms with Crippen molar-refractivity contribution in [2.24, 2.45) is 7.05 Å². The number of rotatable bonds is 4. The summed E-state index contributed by atoms with van der Waals surface area (Å²) >= 11 is 1.79. The number of aromatic nitrogens is 3. The van der Waals surface area contributed by atoms with Gasteiger partial charge in [0.15, 0.2) is 0 Å². The average Bonchev–Trinajstić information content (AvgIpc) is 3.15. The normalized spacial score (nSPS) is 18.5. The first kappa shape index (κ1) is 17.4. The number of hydrogen-bond donors (Lipinski definition) is 0. The fraction of sp³-hybridized carbons (Fsp3) is 0.450. The maximum Gasteiger partial charge on any atom is 0.261 e. The minimum atomic E-state index is 0.0340. The summed E-state index contributed by atoms with van der Waals surface area (Å²) in [5, 5.41) is 4.13. The average molecular weight is 369 g/mol. The zero-order valence-corrected chi connectivity index (χ0v) is 16.1. The number of hydrogen-bond acceptors (Lipinski definition) is 5. The Bertz CT molecular complexity index is 977. The Labute approximate surface area is 157 Å². The Morgan fingerprint density at radius 3 is 2.92 bits per heavy atom. The third-order valence-corrected chi connectivity index (χ3v) is 6.28. The molecule has 1 atom stereocenters. The smallest absolute Gasteiger partial charge is 0.261 e. The molecule has 1 fully saturated rings. The maximum atomic E-state index is 12.6. The molecule has 136 valence electrons. The molecule has 0 spiro atoms. The zero-order chi connectivity index (χ0) is 18.1. The number of fused-ring (bicyclic) bond motifs is 1. The highest BCUT2D eigenvalue weighted by Crippen LogP contribution is 2.30. The highest BCUT2D eigenvalue weighted by Gasteiger charge is 2.24. The van der Waals surface area contributed by atoms with Crippen molar-refractivity contribution in [1.82, 2.24) is 19.4 Å². The summed E-state index contributed by atoms with van der Waals surface area (Å²) in [5.74, 6) is 1.33. The van der Waals surface area contributed by atoms with Gasteiger partial charge in [-0.2, -0.15) is 0 Å². The van der Waals surface area contributed by atoms with Crippen LogP contribution >= 0.6 is 11.3 Å². The third kappa shape index (κ3) is 3.31. The summed E-state index contributed by atoms with van der Waals surface area (Å²) < 4.78 is 1.70. The fourth-order valence-corrected chi connectivity index (χ4v) is 4.71. The summed E-state index contributed by atoms with van der Waals surface area (Å²) in [4.78, 5) is 24.6. The molecule has 1 aromatic carbocycles. The highest BCUT2D eigenvalue weighted by atomic mass is 32.1. The van der Waals surface area contributed by atoms with Gasteiger partial charge in [-0.15, -0.1) is 11.3 Å². The predicted octanol–water partition coefficient (Wildman–Crippen LogP) is 3.33. The van der Waals surface area contributed by atoms with Crippen LogP contribution in [-0.2, 0) is 20.0 Å². The van der Waals surface area contributed by atoms with Crippen LogP contribution in [-0.4, -0.2) is 32.5 Å². The fourth-order valence-electron chi connectivity index (χ4n) is 3.68. The second kappa shape index (κ2) is 7.29. The summed E-state index contributed by atoms with van der Waals surface area (Å²) in [6.45, 7) is 4.89. The largest absolute Gasteiger partial charge is 0.298 e. The van der Waals surface area contributed by atoms with Crippen LogP contribution in [0, 0.1) is 0 Å². The van der Waals surface area contributed by atoms with E-state index in [0.717, 1.165) is 37.3 Å². The number of aryl methyl sites for hydroxylation is 1. The molecule has 5 nitrogen and oxygen atoms in total. The van der Waals surface area contributed by atoms with Crippen molar-refractivity contribution in [3.05, 3.63) is 56.5 Å². The molecule has 1 saturated heterocycles. The van der Waals surface area contributed by atoms with Crippen molar-refractivity contribution in [2.75, 3.05) is 13.1 Å². The first-order chi connectivity index (χ1) is 12.7. The summed E-state index contributed by atoms with van der Waals surface area (Å²) in [6, 6.07) is 7.59. The summed E-state index contributed by atoms with van der Waals surface area (Å²) in [6.07, 6.45) is 3.35. The molecule has 4 rings (SSSR count). The molecule has 0 amide bonds. The van der Waals surface area contributed by atoms with Gasteiger partial charge in [0.2, 0.25) is 0 Å². The maximum absolute atomic E-state index is 12.6. The van der Waals surface area contributed by atoms with Crippen LogP contribution in [0.1, 0.15) is 42.2 Å². The second-order valence-electron chi connectivity index (χ2n) is 7.01. The van der Waals surface area contributed by atoms with Gasteiger partial charge in [0.05, 0.1) is 28.1 Å². The lowest BCUT2D eigenvalue weighted by Gasteiger charge is -2.31. The minimum absolute atomic E-state index is 0.0340. The van der Waals surface area contributed by atoms with Gasteiger partial charge in [0.1, 0.15) is 5.82 Å². The van der Waals surface area contributed by atoms with Crippen LogP contribution in [0.2, 0.25) is 0 Å². The molecule has 0 radical (unpaired) electrons. The number of benzene rings is 1. The quantitative estimate of drug-likeness (QED) is 0.709. The Morgan fingerprint density at radius 1 is 1.27 bits per heavy atom. The van der Waals surface area contributed by atoms with E-state index in [4.69, 9.17) is 9.97 Å². The third-order valence-electron chi connectivity index (χ3n) is 5.23. The number of thiazole rings is 1. The first-order valence-electron chi connectivity index (χ1n) is 9.27. The molecular weight excluding hydrogens is 344 g/mol. The summed E-state index contributed by atoms with van der Waals surface area (Å²) in [5.41, 5.74) is 2.01. The van der Waals surface area contributed by atoms with Gasteiger partial charge in [0.25, 0.3) is 5.56 Å². The van der Waals surface area contributed by atoms with E-state index >= 15 is 0 Å². The number of likely N-dealkylation sites (tertiary alicyclic amines) is 1. The van der Waals surface area contributed by atoms with Crippen LogP contribution in [0.4, 0.5) is 0 Å². The van der Waals surface area contributed by atoms with Gasteiger partial charge in [-0.25, -0.2) is 9.97 Å². The van der Waals surface area contributed by atoms with Crippen molar-refractivity contribution in [3.63, 3.8) is 0 Å². The van der Waals surface area contributed by atoms with Gasteiger partial charge in [0, 0.05) is 24.9 Å². The zero-order valence-electron chi connectivity index (χ0n) is 15.3. The minimum Gasteiger partial charge on any atom is -0.298 e. The van der Waals surface area contributed by atoms with E-state index < -0.39 is 0 Å². The topological polar surface area (TPSA) is 51.0 Å². The van der Waals surface area contributed by atoms with Crippen molar-refractivity contribution in [2.45, 2.75) is 38.6 Å². The van der Waals surface area contributed by atoms with Gasteiger partial charge >= 0.3 is 0 Å². The van der Waals surface area contributed by atoms with E-state index in [1.165, 1.54) is 17.1 Å². The van der Waals surface area contributed by atoms with Gasteiger partial charge < -0.3 is 0 Å². The second-order valence-corrected chi connectivity index (χ2v) is 7.90. The van der Waals surface area contributed by atoms with E-state index in [1.807, 2.05) is 31.3 Å². The standard InChI is InChI=1S/C20H24N4OS/c1-3-15-13-26-19(21-15)14-7-6-10-24(11-14)12-18-22-17-9-5-4-8-16(17)20(25)23(18)2/h4-5,8-9,13-14H,3,6-7,10-12H2,1-2H3. The molecule has 2 aromatic heterocycles. The van der Waals surface area contributed by atoms with Crippen molar-refractivity contribution in [1.29, 1.82) is 0 Å². The molecular formula is C20H24N4OS. The molecule has 0 aliphatic carbocycles. The molecule has 6 heteroatoms. The van der Waals surface area contributed by atoms with Gasteiger partial charge in [-0.05, 0) is 37.9 Å². The SMILES string of the molecule is CCc1csc(C2CCCN(Cc3nc4ccccc4c(=O)n3C)C2)n1. The number of para-hydroxylation sites is 1. The molecule has 0 bridgehead atoms. The lowest BCUT2D eigenvalue weighted by atomic mass is 9.98. The van der Waals surface area contributed by atoms with E-state index in [9.17, 15) is 4.79 Å². The van der Waals surface area contributed by atoms with Crippen molar-refractivity contribution < 1.29 is 0 Å². The van der Waals surface area contributed by atoms with Crippen LogP contribution in [0.25, 0.3) is 10.9 Å². The van der Waals surface area contributed by atoms with E-state index in [0.29, 0.717) is 17.8 Å². The molecule has 1 aliphatic rings. The summed E-state index contributed by atoms with van der Waals surface area (Å²) in [7, 11) is 1.83. The molecule has 26 heavy (non-hydrogen) atoms. The molecule has 1 aliphatic heterocycles. The van der Waals surface area contributed by atoms with Crippen LogP contribution in [0.3, 0.4) is 0 Å².